The monoisotopic (exact) mass is 468 g/mol. The maximum Gasteiger partial charge on any atom is 0.335 e. The third-order valence-corrected chi connectivity index (χ3v) is 6.35. The van der Waals surface area contributed by atoms with Gasteiger partial charge in [-0.2, -0.15) is 0 Å². The lowest BCUT2D eigenvalue weighted by molar-refractivity contribution is 0.0697. The number of rotatable bonds is 5. The van der Waals surface area contributed by atoms with Crippen molar-refractivity contribution in [1.82, 2.24) is 14.9 Å². The number of carboxylic acid groups (broad SMARTS) is 1. The van der Waals surface area contributed by atoms with Crippen LogP contribution in [0.5, 0.6) is 0 Å². The molecule has 0 bridgehead atoms. The van der Waals surface area contributed by atoms with Crippen molar-refractivity contribution in [1.29, 1.82) is 0 Å². The second-order valence-electron chi connectivity index (χ2n) is 8.50. The zero-order valence-corrected chi connectivity index (χ0v) is 19.7. The van der Waals surface area contributed by atoms with Crippen LogP contribution in [0.1, 0.15) is 45.0 Å². The summed E-state index contributed by atoms with van der Waals surface area (Å²) in [5.41, 5.74) is 6.19. The number of hydrogen-bond donors (Lipinski definition) is 2. The molecule has 3 heterocycles. The van der Waals surface area contributed by atoms with Gasteiger partial charge in [-0.15, -0.1) is 0 Å². The fraction of sp³-hybridized carbons (Fsp3) is 0.148. The SMILES string of the molecule is Cc1cc(C)cc(N2C(=S)N[C@H](c3ccccn3)[C@H]2c2cccn2-c2cccc(C(=O)O)c2)c1. The summed E-state index contributed by atoms with van der Waals surface area (Å²) < 4.78 is 2.03. The van der Waals surface area contributed by atoms with Crippen LogP contribution in [0.25, 0.3) is 5.69 Å². The highest BCUT2D eigenvalue weighted by Gasteiger charge is 2.42. The van der Waals surface area contributed by atoms with E-state index in [-0.39, 0.29) is 17.6 Å². The summed E-state index contributed by atoms with van der Waals surface area (Å²) >= 11 is 5.85. The van der Waals surface area contributed by atoms with Crippen molar-refractivity contribution in [3.05, 3.63) is 113 Å². The maximum absolute atomic E-state index is 11.6. The van der Waals surface area contributed by atoms with E-state index in [1.807, 2.05) is 41.1 Å². The van der Waals surface area contributed by atoms with Gasteiger partial charge in [0.2, 0.25) is 0 Å². The second-order valence-corrected chi connectivity index (χ2v) is 8.89. The first-order valence-corrected chi connectivity index (χ1v) is 11.4. The first-order valence-electron chi connectivity index (χ1n) is 11.0. The van der Waals surface area contributed by atoms with Crippen molar-refractivity contribution in [2.75, 3.05) is 4.90 Å². The maximum atomic E-state index is 11.6. The molecule has 34 heavy (non-hydrogen) atoms. The summed E-state index contributed by atoms with van der Waals surface area (Å²) in [7, 11) is 0. The number of anilines is 1. The number of aromatic nitrogens is 2. The molecule has 2 N–H and O–H groups in total. The first kappa shape index (κ1) is 21.9. The lowest BCUT2D eigenvalue weighted by atomic mass is 10.00. The van der Waals surface area contributed by atoms with Crippen molar-refractivity contribution in [3.8, 4) is 5.69 Å². The Kier molecular flexibility index (Phi) is 5.63. The van der Waals surface area contributed by atoms with Gasteiger partial charge in [0.05, 0.1) is 17.3 Å². The van der Waals surface area contributed by atoms with Gasteiger partial charge in [-0.1, -0.05) is 18.2 Å². The molecule has 1 aliphatic rings. The Bertz CT molecular complexity index is 1360. The van der Waals surface area contributed by atoms with Crippen molar-refractivity contribution in [3.63, 3.8) is 0 Å². The van der Waals surface area contributed by atoms with Gasteiger partial charge in [-0.05, 0) is 91.8 Å². The fourth-order valence-corrected chi connectivity index (χ4v) is 5.03. The molecule has 0 radical (unpaired) electrons. The molecule has 2 atom stereocenters. The van der Waals surface area contributed by atoms with Gasteiger partial charge in [-0.3, -0.25) is 4.98 Å². The van der Waals surface area contributed by atoms with Crippen LogP contribution >= 0.6 is 12.2 Å². The number of pyridine rings is 1. The Balaban J connectivity index is 1.68. The van der Waals surface area contributed by atoms with Crippen LogP contribution in [-0.4, -0.2) is 25.7 Å². The summed E-state index contributed by atoms with van der Waals surface area (Å²) in [5.74, 6) is -0.956. The van der Waals surface area contributed by atoms with Crippen LogP contribution in [-0.2, 0) is 0 Å². The zero-order valence-electron chi connectivity index (χ0n) is 18.8. The molecule has 1 aliphatic heterocycles. The largest absolute Gasteiger partial charge is 0.478 e. The van der Waals surface area contributed by atoms with E-state index in [2.05, 4.69) is 53.3 Å². The molecule has 0 spiro atoms. The fourth-order valence-electron chi connectivity index (χ4n) is 4.68. The first-order chi connectivity index (χ1) is 16.4. The molecule has 2 aromatic carbocycles. The van der Waals surface area contributed by atoms with Gasteiger partial charge >= 0.3 is 5.97 Å². The number of aryl methyl sites for hydroxylation is 2. The highest BCUT2D eigenvalue weighted by Crippen LogP contribution is 2.42. The van der Waals surface area contributed by atoms with Crippen LogP contribution in [0.2, 0.25) is 0 Å². The molecule has 5 rings (SSSR count). The Morgan fingerprint density at radius 2 is 1.76 bits per heavy atom. The standard InChI is InChI=1S/C27H24N4O2S/c1-17-13-18(2)15-21(14-17)31-25(24(29-27(31)34)22-9-3-4-11-28-22)23-10-6-12-30(23)20-8-5-7-19(16-20)26(32)33/h3-16,24-25H,1-2H3,(H,29,34)(H,32,33)/t24-,25-/m1/s1. The minimum Gasteiger partial charge on any atom is -0.478 e. The molecule has 0 saturated carbocycles. The van der Waals surface area contributed by atoms with E-state index in [1.165, 1.54) is 0 Å². The zero-order chi connectivity index (χ0) is 23.8. The summed E-state index contributed by atoms with van der Waals surface area (Å²) in [5, 5.41) is 13.6. The molecular weight excluding hydrogens is 444 g/mol. The summed E-state index contributed by atoms with van der Waals surface area (Å²) in [6, 6.07) is 22.9. The normalized spacial score (nSPS) is 17.6. The molecule has 170 valence electrons. The topological polar surface area (TPSA) is 70.4 Å². The smallest absolute Gasteiger partial charge is 0.335 e. The van der Waals surface area contributed by atoms with E-state index < -0.39 is 5.97 Å². The van der Waals surface area contributed by atoms with Crippen LogP contribution < -0.4 is 10.2 Å². The van der Waals surface area contributed by atoms with Crippen LogP contribution in [0.3, 0.4) is 0 Å². The van der Waals surface area contributed by atoms with E-state index in [1.54, 1.807) is 24.4 Å². The third kappa shape index (κ3) is 3.95. The molecule has 6 nitrogen and oxygen atoms in total. The third-order valence-electron chi connectivity index (χ3n) is 6.04. The van der Waals surface area contributed by atoms with E-state index in [0.717, 1.165) is 33.9 Å². The molecule has 1 saturated heterocycles. The number of hydrogen-bond acceptors (Lipinski definition) is 3. The average Bonchev–Trinajstić information content (AvgIpc) is 3.43. The van der Waals surface area contributed by atoms with Gasteiger partial charge in [0, 0.05) is 29.5 Å². The molecule has 2 aromatic heterocycles. The summed E-state index contributed by atoms with van der Waals surface area (Å²) in [6.45, 7) is 4.16. The van der Waals surface area contributed by atoms with Gasteiger partial charge in [0.15, 0.2) is 5.11 Å². The van der Waals surface area contributed by atoms with Gasteiger partial charge in [0.1, 0.15) is 6.04 Å². The number of nitrogens with zero attached hydrogens (tertiary/aromatic N) is 3. The summed E-state index contributed by atoms with van der Waals surface area (Å²) in [6.07, 6.45) is 3.73. The Hall–Kier alpha value is -3.97. The highest BCUT2D eigenvalue weighted by atomic mass is 32.1. The van der Waals surface area contributed by atoms with E-state index in [4.69, 9.17) is 12.2 Å². The van der Waals surface area contributed by atoms with Crippen molar-refractivity contribution in [2.24, 2.45) is 0 Å². The van der Waals surface area contributed by atoms with Crippen LogP contribution in [0, 0.1) is 13.8 Å². The lowest BCUT2D eigenvalue weighted by Gasteiger charge is -2.29. The van der Waals surface area contributed by atoms with E-state index >= 15 is 0 Å². The molecule has 0 unspecified atom stereocenters. The molecular formula is C27H24N4O2S. The number of carbonyl (C=O) groups is 1. The number of benzene rings is 2. The quantitative estimate of drug-likeness (QED) is 0.384. The van der Waals surface area contributed by atoms with Gasteiger partial charge < -0.3 is 19.9 Å². The van der Waals surface area contributed by atoms with Crippen molar-refractivity contribution < 1.29 is 9.90 Å². The minimum atomic E-state index is -0.956. The van der Waals surface area contributed by atoms with Gasteiger partial charge in [-0.25, -0.2) is 4.79 Å². The Morgan fingerprint density at radius 3 is 2.47 bits per heavy atom. The molecule has 0 amide bonds. The van der Waals surface area contributed by atoms with Gasteiger partial charge in [0.25, 0.3) is 0 Å². The van der Waals surface area contributed by atoms with Crippen LogP contribution in [0.4, 0.5) is 5.69 Å². The minimum absolute atomic E-state index is 0.189. The molecule has 7 heteroatoms. The van der Waals surface area contributed by atoms with Crippen molar-refractivity contribution >= 4 is 29.0 Å². The predicted octanol–water partition coefficient (Wildman–Crippen LogP) is 5.36. The summed E-state index contributed by atoms with van der Waals surface area (Å²) in [4.78, 5) is 18.4. The van der Waals surface area contributed by atoms with E-state index in [9.17, 15) is 9.90 Å². The molecule has 0 aliphatic carbocycles. The Labute approximate surface area is 203 Å². The second kappa shape index (κ2) is 8.76. The average molecular weight is 469 g/mol. The Morgan fingerprint density at radius 1 is 0.971 bits per heavy atom. The molecule has 4 aromatic rings. The number of thiocarbonyl (C=S) groups is 1. The van der Waals surface area contributed by atoms with E-state index in [0.29, 0.717) is 5.11 Å². The lowest BCUT2D eigenvalue weighted by Crippen LogP contribution is -2.30. The number of nitrogens with one attached hydrogen (secondary N) is 1. The number of carboxylic acids is 1. The van der Waals surface area contributed by atoms with Crippen molar-refractivity contribution in [2.45, 2.75) is 25.9 Å². The number of aromatic carboxylic acids is 1. The molecule has 1 fully saturated rings. The van der Waals surface area contributed by atoms with Crippen LogP contribution in [0.15, 0.2) is 85.2 Å². The highest BCUT2D eigenvalue weighted by molar-refractivity contribution is 7.80. The predicted molar refractivity (Wildman–Crippen MR) is 137 cm³/mol.